The summed E-state index contributed by atoms with van der Waals surface area (Å²) in [5.74, 6) is 0.108. The monoisotopic (exact) mass is 307 g/mol. The van der Waals surface area contributed by atoms with Crippen molar-refractivity contribution in [2.75, 3.05) is 26.7 Å². The predicted molar refractivity (Wildman–Crippen MR) is 69.5 cm³/mol. The number of likely N-dealkylation sites (N-methyl/N-ethyl adjacent to an activating group) is 1. The van der Waals surface area contributed by atoms with E-state index in [4.69, 9.17) is 0 Å². The summed E-state index contributed by atoms with van der Waals surface area (Å²) in [5, 5.41) is 2.56. The number of carbonyl (C=O) groups excluding carboxylic acids is 2. The first kappa shape index (κ1) is 15.9. The second-order valence-corrected chi connectivity index (χ2v) is 5.81. The quantitative estimate of drug-likeness (QED) is 0.838. The van der Waals surface area contributed by atoms with Gasteiger partial charge in [0.1, 0.15) is 6.04 Å². The summed E-state index contributed by atoms with van der Waals surface area (Å²) in [6, 6.07) is -1.19. The Kier molecular flexibility index (Phi) is 4.63. The summed E-state index contributed by atoms with van der Waals surface area (Å²) in [7, 11) is 1.64. The molecule has 2 aliphatic rings. The first-order valence-corrected chi connectivity index (χ1v) is 7.13. The minimum Gasteiger partial charge on any atom is -0.344 e. The van der Waals surface area contributed by atoms with E-state index >= 15 is 0 Å². The number of hydrogen-bond donors (Lipinski definition) is 1. The van der Waals surface area contributed by atoms with Crippen molar-refractivity contribution in [1.29, 1.82) is 0 Å². The van der Waals surface area contributed by atoms with Crippen molar-refractivity contribution in [3.05, 3.63) is 0 Å². The van der Waals surface area contributed by atoms with Crippen molar-refractivity contribution >= 4 is 11.9 Å². The smallest absolute Gasteiger partial charge is 0.344 e. The van der Waals surface area contributed by atoms with Gasteiger partial charge in [-0.15, -0.1) is 0 Å². The maximum absolute atomic E-state index is 12.3. The third kappa shape index (κ3) is 4.78. The normalized spacial score (nSPS) is 22.6. The summed E-state index contributed by atoms with van der Waals surface area (Å²) < 4.78 is 37.0. The lowest BCUT2D eigenvalue weighted by atomic mass is 10.2. The van der Waals surface area contributed by atoms with Gasteiger partial charge in [0.25, 0.3) is 0 Å². The summed E-state index contributed by atoms with van der Waals surface area (Å²) >= 11 is 0. The number of hydrogen-bond acceptors (Lipinski definition) is 2. The van der Waals surface area contributed by atoms with Gasteiger partial charge in [-0.2, -0.15) is 13.2 Å². The summed E-state index contributed by atoms with van der Waals surface area (Å²) in [6.45, 7) is 0.524. The van der Waals surface area contributed by atoms with Crippen LogP contribution in [0.4, 0.5) is 18.0 Å². The number of halogens is 3. The van der Waals surface area contributed by atoms with Crippen LogP contribution in [0.3, 0.4) is 0 Å². The molecule has 5 nitrogen and oxygen atoms in total. The maximum Gasteiger partial charge on any atom is 0.390 e. The van der Waals surface area contributed by atoms with Gasteiger partial charge in [-0.05, 0) is 25.2 Å². The highest BCUT2D eigenvalue weighted by Gasteiger charge is 2.35. The van der Waals surface area contributed by atoms with Crippen molar-refractivity contribution in [3.8, 4) is 0 Å². The van der Waals surface area contributed by atoms with Gasteiger partial charge < -0.3 is 15.1 Å². The molecule has 2 rings (SSSR count). The van der Waals surface area contributed by atoms with Gasteiger partial charge in [-0.3, -0.25) is 4.79 Å². The van der Waals surface area contributed by atoms with Crippen LogP contribution in [0, 0.1) is 5.92 Å². The molecule has 1 aliphatic heterocycles. The molecule has 1 aliphatic carbocycles. The number of likely N-dealkylation sites (tertiary alicyclic amines) is 1. The van der Waals surface area contributed by atoms with Crippen molar-refractivity contribution in [1.82, 2.24) is 15.1 Å². The highest BCUT2D eigenvalue weighted by atomic mass is 19.4. The third-order valence-corrected chi connectivity index (χ3v) is 3.85. The zero-order valence-corrected chi connectivity index (χ0v) is 11.9. The lowest BCUT2D eigenvalue weighted by molar-refractivity contribution is -0.136. The lowest BCUT2D eigenvalue weighted by Crippen LogP contribution is -2.49. The van der Waals surface area contributed by atoms with E-state index < -0.39 is 24.7 Å². The molecule has 3 amide bonds. The number of nitrogens with one attached hydrogen (secondary N) is 1. The zero-order chi connectivity index (χ0) is 15.6. The van der Waals surface area contributed by atoms with E-state index in [2.05, 4.69) is 5.32 Å². The predicted octanol–water partition coefficient (Wildman–Crippen LogP) is 1.59. The van der Waals surface area contributed by atoms with E-state index in [1.54, 1.807) is 7.05 Å². The molecule has 1 heterocycles. The lowest BCUT2D eigenvalue weighted by Gasteiger charge is -2.25. The van der Waals surface area contributed by atoms with Crippen molar-refractivity contribution in [2.24, 2.45) is 5.92 Å². The molecule has 0 aromatic heterocycles. The molecule has 0 spiro atoms. The zero-order valence-electron chi connectivity index (χ0n) is 11.9. The summed E-state index contributed by atoms with van der Waals surface area (Å²) in [6.07, 6.45) is -2.92. The molecule has 0 unspecified atom stereocenters. The molecule has 21 heavy (non-hydrogen) atoms. The molecule has 2 fully saturated rings. The first-order valence-electron chi connectivity index (χ1n) is 7.13. The fourth-order valence-electron chi connectivity index (χ4n) is 2.35. The Labute approximate surface area is 121 Å². The molecular formula is C13H20F3N3O2. The molecule has 0 bridgehead atoms. The Morgan fingerprint density at radius 1 is 1.38 bits per heavy atom. The van der Waals surface area contributed by atoms with Crippen molar-refractivity contribution in [2.45, 2.75) is 37.9 Å². The topological polar surface area (TPSA) is 52.7 Å². The fourth-order valence-corrected chi connectivity index (χ4v) is 2.35. The van der Waals surface area contributed by atoms with Gasteiger partial charge in [-0.25, -0.2) is 4.79 Å². The number of carbonyl (C=O) groups is 2. The Bertz CT molecular complexity index is 410. The molecule has 0 radical (unpaired) electrons. The Morgan fingerprint density at radius 2 is 2.05 bits per heavy atom. The Balaban J connectivity index is 1.89. The van der Waals surface area contributed by atoms with Crippen LogP contribution in [0.2, 0.25) is 0 Å². The van der Waals surface area contributed by atoms with Gasteiger partial charge in [0.2, 0.25) is 5.91 Å². The van der Waals surface area contributed by atoms with Crippen molar-refractivity contribution in [3.63, 3.8) is 0 Å². The van der Waals surface area contributed by atoms with Crippen molar-refractivity contribution < 1.29 is 22.8 Å². The molecule has 0 aromatic carbocycles. The number of rotatable bonds is 5. The van der Waals surface area contributed by atoms with E-state index in [-0.39, 0.29) is 12.5 Å². The highest BCUT2D eigenvalue weighted by Crippen LogP contribution is 2.30. The molecule has 1 atom stereocenters. The van der Waals surface area contributed by atoms with E-state index in [1.165, 1.54) is 9.80 Å². The van der Waals surface area contributed by atoms with Crippen LogP contribution in [0.5, 0.6) is 0 Å². The number of urea groups is 1. The van der Waals surface area contributed by atoms with E-state index in [1.807, 2.05) is 0 Å². The van der Waals surface area contributed by atoms with Gasteiger partial charge >= 0.3 is 12.2 Å². The largest absolute Gasteiger partial charge is 0.390 e. The SMILES string of the molecule is CN1CC[C@@H](NC(=O)N(CCC(F)(F)F)CC2CC2)C1=O. The summed E-state index contributed by atoms with van der Waals surface area (Å²) in [4.78, 5) is 26.5. The van der Waals surface area contributed by atoms with E-state index in [0.717, 1.165) is 12.8 Å². The molecule has 1 saturated carbocycles. The molecular weight excluding hydrogens is 287 g/mol. The third-order valence-electron chi connectivity index (χ3n) is 3.85. The van der Waals surface area contributed by atoms with Crippen LogP contribution in [-0.2, 0) is 4.79 Å². The first-order chi connectivity index (χ1) is 9.76. The van der Waals surface area contributed by atoms with Gasteiger partial charge in [0, 0.05) is 26.7 Å². The van der Waals surface area contributed by atoms with Gasteiger partial charge in [-0.1, -0.05) is 0 Å². The average molecular weight is 307 g/mol. The molecule has 120 valence electrons. The van der Waals surface area contributed by atoms with Crippen LogP contribution in [0.25, 0.3) is 0 Å². The standard InChI is InChI=1S/C13H20F3N3O2/c1-18-6-4-10(11(18)20)17-12(21)19(8-9-2-3-9)7-5-13(14,15)16/h9-10H,2-8H2,1H3,(H,17,21)/t10-/m1/s1. The minimum absolute atomic E-state index is 0.189. The van der Waals surface area contributed by atoms with Crippen LogP contribution in [-0.4, -0.2) is 60.6 Å². The average Bonchev–Trinajstić information content (AvgIpc) is 3.15. The van der Waals surface area contributed by atoms with E-state index in [0.29, 0.717) is 25.4 Å². The molecule has 1 N–H and O–H groups in total. The minimum atomic E-state index is -4.29. The highest BCUT2D eigenvalue weighted by molar-refractivity contribution is 5.88. The van der Waals surface area contributed by atoms with E-state index in [9.17, 15) is 22.8 Å². The molecule has 0 aromatic rings. The van der Waals surface area contributed by atoms with Gasteiger partial charge in [0.15, 0.2) is 0 Å². The van der Waals surface area contributed by atoms with Crippen LogP contribution >= 0.6 is 0 Å². The second kappa shape index (κ2) is 6.11. The van der Waals surface area contributed by atoms with Gasteiger partial charge in [0.05, 0.1) is 6.42 Å². The molecule has 8 heteroatoms. The number of nitrogens with zero attached hydrogens (tertiary/aromatic N) is 2. The Morgan fingerprint density at radius 3 is 2.52 bits per heavy atom. The second-order valence-electron chi connectivity index (χ2n) is 5.81. The number of amides is 3. The number of alkyl halides is 3. The van der Waals surface area contributed by atoms with Crippen LogP contribution in [0.1, 0.15) is 25.7 Å². The maximum atomic E-state index is 12.3. The Hall–Kier alpha value is -1.47. The van der Waals surface area contributed by atoms with Crippen LogP contribution in [0.15, 0.2) is 0 Å². The van der Waals surface area contributed by atoms with Crippen LogP contribution < -0.4 is 5.32 Å². The summed E-state index contributed by atoms with van der Waals surface area (Å²) in [5.41, 5.74) is 0. The fraction of sp³-hybridized carbons (Fsp3) is 0.846. The molecule has 1 saturated heterocycles.